The van der Waals surface area contributed by atoms with Gasteiger partial charge in [0.1, 0.15) is 0 Å². The maximum absolute atomic E-state index is 12.2. The highest BCUT2D eigenvalue weighted by molar-refractivity contribution is 7.87. The van der Waals surface area contributed by atoms with Crippen molar-refractivity contribution in [2.24, 2.45) is 0 Å². The second kappa shape index (κ2) is 12.1. The number of hydrogen-bond donors (Lipinski definition) is 4. The van der Waals surface area contributed by atoms with Gasteiger partial charge in [-0.05, 0) is 6.42 Å². The molecule has 0 fully saturated rings. The van der Waals surface area contributed by atoms with Crippen LogP contribution in [-0.2, 0) is 20.2 Å². The first-order valence-electron chi connectivity index (χ1n) is 7.97. The third-order valence-electron chi connectivity index (χ3n) is 3.20. The van der Waals surface area contributed by atoms with E-state index in [1.165, 1.54) is 0 Å². The van der Waals surface area contributed by atoms with Crippen LogP contribution in [0.15, 0.2) is 0 Å². The Morgan fingerprint density at radius 3 is 0.667 bits per heavy atom. The zero-order valence-corrected chi connectivity index (χ0v) is 18.8. The van der Waals surface area contributed by atoms with Crippen molar-refractivity contribution in [3.8, 4) is 0 Å². The van der Waals surface area contributed by atoms with Crippen molar-refractivity contribution in [1.29, 1.82) is 0 Å². The lowest BCUT2D eigenvalue weighted by Crippen LogP contribution is -2.63. The van der Waals surface area contributed by atoms with Crippen LogP contribution in [0.1, 0.15) is 6.42 Å². The molecule has 0 saturated heterocycles. The largest absolute Gasteiger partial charge is 0.460 e. The Hall–Kier alpha value is -1.52. The molecule has 8 nitrogen and oxygen atoms in total. The third kappa shape index (κ3) is 8.26. The Labute approximate surface area is 202 Å². The van der Waals surface area contributed by atoms with Crippen molar-refractivity contribution in [3.63, 3.8) is 0 Å². The average Bonchev–Trinajstić information content (AvgIpc) is 2.65. The molecule has 0 aromatic carbocycles. The van der Waals surface area contributed by atoms with Gasteiger partial charge in [0.25, 0.3) is 0 Å². The predicted octanol–water partition coefficient (Wildman–Crippen LogP) is 3.96. The van der Waals surface area contributed by atoms with E-state index in [4.69, 9.17) is 19.3 Å². The van der Waals surface area contributed by atoms with Gasteiger partial charge in [-0.2, -0.15) is 95.9 Å². The molecule has 28 heteroatoms. The standard InChI is InChI=1S/2C4HF9O3S.C3H8O2/c2*5-1(6,3(9,10)11)2(7,8)4(12,13)17(14,15)16;4-2-1-3-5/h2*(H,14,15,16);4-5H,1-3H2. The smallest absolute Gasteiger partial charge is 0.396 e. The number of aliphatic hydroxyl groups is 2. The summed E-state index contributed by atoms with van der Waals surface area (Å²) in [5.41, 5.74) is 0. The molecule has 0 aromatic heterocycles. The molecule has 0 atom stereocenters. The van der Waals surface area contributed by atoms with Gasteiger partial charge in [-0.1, -0.05) is 0 Å². The minimum atomic E-state index is -7.37. The van der Waals surface area contributed by atoms with E-state index in [-0.39, 0.29) is 13.2 Å². The van der Waals surface area contributed by atoms with Crippen LogP contribution < -0.4 is 0 Å². The molecule has 0 aliphatic carbocycles. The number of aliphatic hydroxyl groups excluding tert-OH is 2. The van der Waals surface area contributed by atoms with Crippen LogP contribution in [0.3, 0.4) is 0 Å². The van der Waals surface area contributed by atoms with Gasteiger partial charge in [0.2, 0.25) is 0 Å². The van der Waals surface area contributed by atoms with E-state index >= 15 is 0 Å². The summed E-state index contributed by atoms with van der Waals surface area (Å²) in [7, 11) is -14.3. The first-order valence-corrected chi connectivity index (χ1v) is 10.9. The van der Waals surface area contributed by atoms with Crippen molar-refractivity contribution in [2.75, 3.05) is 13.2 Å². The molecule has 0 saturated carbocycles. The van der Waals surface area contributed by atoms with E-state index in [2.05, 4.69) is 0 Å². The third-order valence-corrected chi connectivity index (χ3v) is 5.00. The molecule has 0 heterocycles. The molecule has 0 bridgehead atoms. The minimum absolute atomic E-state index is 0.0938. The van der Waals surface area contributed by atoms with Gasteiger partial charge in [-0.25, -0.2) is 0 Å². The second-order valence-electron chi connectivity index (χ2n) is 6.08. The van der Waals surface area contributed by atoms with Gasteiger partial charge >= 0.3 is 66.8 Å². The van der Waals surface area contributed by atoms with E-state index in [1.54, 1.807) is 0 Å². The van der Waals surface area contributed by atoms with Gasteiger partial charge in [0, 0.05) is 13.2 Å². The van der Waals surface area contributed by atoms with E-state index in [1.807, 2.05) is 0 Å². The van der Waals surface area contributed by atoms with Gasteiger partial charge in [0.15, 0.2) is 0 Å². The number of rotatable bonds is 8. The Balaban J connectivity index is -0.000000566. The molecule has 0 aliphatic heterocycles. The SMILES string of the molecule is O=S(=O)(O)C(F)(F)C(F)(F)C(F)(F)C(F)(F)F.O=S(=O)(O)C(F)(F)C(F)(F)C(F)(F)C(F)(F)F.OCCCO. The molecule has 240 valence electrons. The zero-order valence-electron chi connectivity index (χ0n) is 17.2. The first-order chi connectivity index (χ1) is 16.4. The van der Waals surface area contributed by atoms with Crippen LogP contribution in [-0.4, -0.2) is 95.9 Å². The molecule has 39 heavy (non-hydrogen) atoms. The highest BCUT2D eigenvalue weighted by Crippen LogP contribution is 2.55. The highest BCUT2D eigenvalue weighted by Gasteiger charge is 2.86. The summed E-state index contributed by atoms with van der Waals surface area (Å²) >= 11 is 0. The zero-order chi connectivity index (χ0) is 33.1. The van der Waals surface area contributed by atoms with E-state index in [0.29, 0.717) is 6.42 Å². The van der Waals surface area contributed by atoms with Crippen LogP contribution >= 0.6 is 0 Å². The van der Waals surface area contributed by atoms with Crippen molar-refractivity contribution in [3.05, 3.63) is 0 Å². The lowest BCUT2D eigenvalue weighted by Gasteiger charge is -2.31. The van der Waals surface area contributed by atoms with Crippen LogP contribution in [0.25, 0.3) is 0 Å². The summed E-state index contributed by atoms with van der Waals surface area (Å²) in [5, 5.41) is 1.81. The number of alkyl halides is 18. The lowest BCUT2D eigenvalue weighted by molar-refractivity contribution is -0.382. The highest BCUT2D eigenvalue weighted by atomic mass is 32.2. The summed E-state index contributed by atoms with van der Waals surface area (Å²) in [6.07, 6.45) is -13.8. The minimum Gasteiger partial charge on any atom is -0.396 e. The Bertz CT molecular complexity index is 919. The number of hydrogen-bond acceptors (Lipinski definition) is 6. The molecule has 0 aromatic rings. The Kier molecular flexibility index (Phi) is 13.1. The molecule has 0 unspecified atom stereocenters. The van der Waals surface area contributed by atoms with E-state index < -0.39 is 66.8 Å². The Morgan fingerprint density at radius 1 is 0.410 bits per heavy atom. The van der Waals surface area contributed by atoms with Crippen LogP contribution in [0.5, 0.6) is 0 Å². The van der Waals surface area contributed by atoms with Crippen LogP contribution in [0.2, 0.25) is 0 Å². The molecule has 0 rings (SSSR count). The maximum Gasteiger partial charge on any atom is 0.460 e. The molecule has 0 spiro atoms. The van der Waals surface area contributed by atoms with Gasteiger partial charge in [0.05, 0.1) is 0 Å². The fraction of sp³-hybridized carbons (Fsp3) is 1.00. The van der Waals surface area contributed by atoms with Gasteiger partial charge in [-0.15, -0.1) is 0 Å². The topological polar surface area (TPSA) is 149 Å². The van der Waals surface area contributed by atoms with Gasteiger partial charge < -0.3 is 10.2 Å². The van der Waals surface area contributed by atoms with Gasteiger partial charge in [-0.3, -0.25) is 9.11 Å². The summed E-state index contributed by atoms with van der Waals surface area (Å²) < 4.78 is 268. The van der Waals surface area contributed by atoms with Crippen molar-refractivity contribution >= 4 is 20.2 Å². The predicted molar refractivity (Wildman–Crippen MR) is 83.7 cm³/mol. The number of halogens is 18. The molecule has 0 aliphatic rings. The van der Waals surface area contributed by atoms with E-state index in [9.17, 15) is 95.9 Å². The average molecular weight is 676 g/mol. The molecular weight excluding hydrogens is 666 g/mol. The van der Waals surface area contributed by atoms with Crippen LogP contribution in [0, 0.1) is 0 Å². The monoisotopic (exact) mass is 676 g/mol. The molecule has 4 N–H and O–H groups in total. The Morgan fingerprint density at radius 2 is 0.590 bits per heavy atom. The molecule has 0 radical (unpaired) electrons. The summed E-state index contributed by atoms with van der Waals surface area (Å²) in [6.45, 7) is 0.188. The van der Waals surface area contributed by atoms with Crippen molar-refractivity contribution in [2.45, 2.75) is 53.0 Å². The van der Waals surface area contributed by atoms with Crippen molar-refractivity contribution < 1.29 is 115 Å². The lowest BCUT2D eigenvalue weighted by atomic mass is 10.1. The van der Waals surface area contributed by atoms with E-state index in [0.717, 1.165) is 0 Å². The normalized spacial score (nSPS) is 15.1. The quantitative estimate of drug-likeness (QED) is 0.223. The first kappa shape index (κ1) is 42.0. The summed E-state index contributed by atoms with van der Waals surface area (Å²) in [5.74, 6) is -29.4. The summed E-state index contributed by atoms with van der Waals surface area (Å²) in [6, 6.07) is 0. The molecule has 0 amide bonds. The molecular formula is C11H10F18O8S2. The summed E-state index contributed by atoms with van der Waals surface area (Å²) in [4.78, 5) is 0. The second-order valence-corrected chi connectivity index (χ2v) is 9.00. The fourth-order valence-corrected chi connectivity index (χ4v) is 2.02. The van der Waals surface area contributed by atoms with Crippen LogP contribution in [0.4, 0.5) is 79.0 Å². The maximum atomic E-state index is 12.2. The fourth-order valence-electron chi connectivity index (χ4n) is 1.12. The van der Waals surface area contributed by atoms with Crippen molar-refractivity contribution in [1.82, 2.24) is 0 Å².